The maximum absolute atomic E-state index is 6.03. The molecule has 0 unspecified atom stereocenters. The van der Waals surface area contributed by atoms with Gasteiger partial charge in [0.25, 0.3) is 0 Å². The van der Waals surface area contributed by atoms with E-state index in [0.29, 0.717) is 5.15 Å². The van der Waals surface area contributed by atoms with Gasteiger partial charge in [0.1, 0.15) is 10.8 Å². The Morgan fingerprint density at radius 1 is 1.12 bits per heavy atom. The van der Waals surface area contributed by atoms with Crippen LogP contribution in [0.5, 0.6) is 0 Å². The van der Waals surface area contributed by atoms with Crippen molar-refractivity contribution in [3.8, 4) is 11.3 Å². The monoisotopic (exact) mass is 229 g/mol. The number of hydrogen-bond donors (Lipinski definition) is 0. The number of rotatable bonds is 1. The van der Waals surface area contributed by atoms with Gasteiger partial charge in [-0.2, -0.15) is 0 Å². The van der Waals surface area contributed by atoms with Gasteiger partial charge in [-0.05, 0) is 24.3 Å². The molecule has 0 amide bonds. The SMILES string of the molecule is Clc1ncccc1-c1cn2ccccc2n1. The molecule has 0 atom stereocenters. The largest absolute Gasteiger partial charge is 0.306 e. The molecule has 3 rings (SSSR count). The van der Waals surface area contributed by atoms with Crippen LogP contribution in [0.3, 0.4) is 0 Å². The van der Waals surface area contributed by atoms with Crippen molar-refractivity contribution in [2.45, 2.75) is 0 Å². The summed E-state index contributed by atoms with van der Waals surface area (Å²) in [6.07, 6.45) is 5.57. The quantitative estimate of drug-likeness (QED) is 0.601. The van der Waals surface area contributed by atoms with Crippen LogP contribution in [0, 0.1) is 0 Å². The Balaban J connectivity index is 2.23. The molecule has 0 aliphatic heterocycles. The van der Waals surface area contributed by atoms with Crippen LogP contribution in [0.4, 0.5) is 0 Å². The number of hydrogen-bond acceptors (Lipinski definition) is 2. The maximum Gasteiger partial charge on any atom is 0.138 e. The van der Waals surface area contributed by atoms with Gasteiger partial charge in [0.05, 0.1) is 5.69 Å². The lowest BCUT2D eigenvalue weighted by atomic mass is 10.2. The molecule has 3 aromatic heterocycles. The molecule has 0 N–H and O–H groups in total. The maximum atomic E-state index is 6.03. The minimum absolute atomic E-state index is 0.478. The summed E-state index contributed by atoms with van der Waals surface area (Å²) < 4.78 is 1.96. The van der Waals surface area contributed by atoms with E-state index in [2.05, 4.69) is 9.97 Å². The topological polar surface area (TPSA) is 30.2 Å². The molecule has 0 saturated heterocycles. The first kappa shape index (κ1) is 9.36. The van der Waals surface area contributed by atoms with Gasteiger partial charge in [0, 0.05) is 24.2 Å². The predicted molar refractivity (Wildman–Crippen MR) is 63.4 cm³/mol. The lowest BCUT2D eigenvalue weighted by Crippen LogP contribution is -1.81. The second-order valence-corrected chi connectivity index (χ2v) is 3.79. The molecule has 0 aliphatic carbocycles. The minimum atomic E-state index is 0.478. The first-order valence-corrected chi connectivity index (χ1v) is 5.27. The summed E-state index contributed by atoms with van der Waals surface area (Å²) >= 11 is 6.03. The molecule has 0 bridgehead atoms. The number of imidazole rings is 1. The molecule has 0 fully saturated rings. The number of halogens is 1. The molecule has 3 heterocycles. The van der Waals surface area contributed by atoms with Gasteiger partial charge in [-0.3, -0.25) is 0 Å². The van der Waals surface area contributed by atoms with E-state index in [4.69, 9.17) is 11.6 Å². The van der Waals surface area contributed by atoms with Crippen LogP contribution < -0.4 is 0 Å². The molecule has 3 aromatic rings. The molecule has 0 aliphatic rings. The lowest BCUT2D eigenvalue weighted by Gasteiger charge is -1.96. The average Bonchev–Trinajstić information content (AvgIpc) is 2.73. The zero-order valence-corrected chi connectivity index (χ0v) is 9.09. The third-order valence-electron chi connectivity index (χ3n) is 2.40. The summed E-state index contributed by atoms with van der Waals surface area (Å²) in [4.78, 5) is 8.52. The highest BCUT2D eigenvalue weighted by atomic mass is 35.5. The standard InChI is InChI=1S/C12H8ClN3/c13-12-9(4-3-6-14-12)10-8-16-7-2-1-5-11(16)15-10/h1-8H. The minimum Gasteiger partial charge on any atom is -0.306 e. The Bertz CT molecular complexity index is 612. The van der Waals surface area contributed by atoms with Gasteiger partial charge < -0.3 is 4.40 Å². The Kier molecular flexibility index (Phi) is 2.11. The molecule has 0 radical (unpaired) electrons. The third-order valence-corrected chi connectivity index (χ3v) is 2.70. The summed E-state index contributed by atoms with van der Waals surface area (Å²) in [7, 11) is 0. The zero-order chi connectivity index (χ0) is 11.0. The first-order chi connectivity index (χ1) is 7.84. The first-order valence-electron chi connectivity index (χ1n) is 4.89. The van der Waals surface area contributed by atoms with E-state index >= 15 is 0 Å². The molecule has 4 heteroatoms. The molecule has 0 aromatic carbocycles. The molecule has 0 spiro atoms. The summed E-state index contributed by atoms with van der Waals surface area (Å²) in [5.74, 6) is 0. The van der Waals surface area contributed by atoms with Crippen LogP contribution in [0.25, 0.3) is 16.9 Å². The Morgan fingerprint density at radius 3 is 2.88 bits per heavy atom. The Hall–Kier alpha value is -1.87. The van der Waals surface area contributed by atoms with E-state index in [9.17, 15) is 0 Å². The number of aromatic nitrogens is 3. The van der Waals surface area contributed by atoms with Crippen molar-refractivity contribution in [1.82, 2.24) is 14.4 Å². The van der Waals surface area contributed by atoms with E-state index in [1.165, 1.54) is 0 Å². The summed E-state index contributed by atoms with van der Waals surface area (Å²) in [6, 6.07) is 9.64. The van der Waals surface area contributed by atoms with Gasteiger partial charge in [0.2, 0.25) is 0 Å². The Morgan fingerprint density at radius 2 is 2.06 bits per heavy atom. The van der Waals surface area contributed by atoms with E-state index < -0.39 is 0 Å². The number of fused-ring (bicyclic) bond motifs is 1. The van der Waals surface area contributed by atoms with Gasteiger partial charge in [0.15, 0.2) is 0 Å². The molecule has 0 saturated carbocycles. The highest BCUT2D eigenvalue weighted by molar-refractivity contribution is 6.32. The fraction of sp³-hybridized carbons (Fsp3) is 0. The van der Waals surface area contributed by atoms with Gasteiger partial charge in [-0.1, -0.05) is 17.7 Å². The van der Waals surface area contributed by atoms with Crippen molar-refractivity contribution < 1.29 is 0 Å². The highest BCUT2D eigenvalue weighted by Crippen LogP contribution is 2.24. The van der Waals surface area contributed by atoms with Crippen LogP contribution >= 0.6 is 11.6 Å². The summed E-state index contributed by atoms with van der Waals surface area (Å²) in [6.45, 7) is 0. The van der Waals surface area contributed by atoms with E-state index in [1.54, 1.807) is 6.20 Å². The second kappa shape index (κ2) is 3.61. The fourth-order valence-corrected chi connectivity index (χ4v) is 1.86. The lowest BCUT2D eigenvalue weighted by molar-refractivity contribution is 1.19. The van der Waals surface area contributed by atoms with Gasteiger partial charge in [-0.25, -0.2) is 9.97 Å². The fourth-order valence-electron chi connectivity index (χ4n) is 1.64. The van der Waals surface area contributed by atoms with E-state index in [0.717, 1.165) is 16.9 Å². The number of pyridine rings is 2. The van der Waals surface area contributed by atoms with Crippen molar-refractivity contribution in [3.05, 3.63) is 54.1 Å². The van der Waals surface area contributed by atoms with Crippen molar-refractivity contribution >= 4 is 17.2 Å². The van der Waals surface area contributed by atoms with Crippen molar-refractivity contribution in [3.63, 3.8) is 0 Å². The molecule has 78 valence electrons. The summed E-state index contributed by atoms with van der Waals surface area (Å²) in [5, 5.41) is 0.478. The smallest absolute Gasteiger partial charge is 0.138 e. The van der Waals surface area contributed by atoms with Gasteiger partial charge >= 0.3 is 0 Å². The second-order valence-electron chi connectivity index (χ2n) is 3.43. The molecule has 3 nitrogen and oxygen atoms in total. The third kappa shape index (κ3) is 1.46. The van der Waals surface area contributed by atoms with Crippen molar-refractivity contribution in [1.29, 1.82) is 0 Å². The van der Waals surface area contributed by atoms with Crippen LogP contribution in [-0.4, -0.2) is 14.4 Å². The van der Waals surface area contributed by atoms with Crippen LogP contribution in [0.15, 0.2) is 48.9 Å². The van der Waals surface area contributed by atoms with Crippen LogP contribution in [0.1, 0.15) is 0 Å². The molecular weight excluding hydrogens is 222 g/mol. The van der Waals surface area contributed by atoms with Gasteiger partial charge in [-0.15, -0.1) is 0 Å². The Labute approximate surface area is 97.3 Å². The van der Waals surface area contributed by atoms with Crippen molar-refractivity contribution in [2.75, 3.05) is 0 Å². The predicted octanol–water partition coefficient (Wildman–Crippen LogP) is 3.05. The molecular formula is C12H8ClN3. The molecule has 16 heavy (non-hydrogen) atoms. The zero-order valence-electron chi connectivity index (χ0n) is 8.34. The number of nitrogens with zero attached hydrogens (tertiary/aromatic N) is 3. The average molecular weight is 230 g/mol. The summed E-state index contributed by atoms with van der Waals surface area (Å²) in [5.41, 5.74) is 2.59. The van der Waals surface area contributed by atoms with E-state index in [1.807, 2.05) is 47.1 Å². The highest BCUT2D eigenvalue weighted by Gasteiger charge is 2.07. The normalized spacial score (nSPS) is 10.8. The van der Waals surface area contributed by atoms with Crippen LogP contribution in [0.2, 0.25) is 5.15 Å². The van der Waals surface area contributed by atoms with Crippen LogP contribution in [-0.2, 0) is 0 Å². The van der Waals surface area contributed by atoms with E-state index in [-0.39, 0.29) is 0 Å². The van der Waals surface area contributed by atoms with Crippen molar-refractivity contribution in [2.24, 2.45) is 0 Å².